The third-order valence-corrected chi connectivity index (χ3v) is 7.64. The van der Waals surface area contributed by atoms with Gasteiger partial charge in [0.05, 0.1) is 50.0 Å². The standard InChI is InChI=1S/C24H35N3O8/c1-11-6-15(27-16(28)8-12-4-5-13-9-32-10-14(13)7-12)24(31)23(33-11)34-22-20(30)17(25-2)19(29)18(26-3)21(22)35-24/h4-5,7,11,15,17-23,25-26,29-31H,6,8-10H2,1-3H3,(H,27,28)/t11-,15-,17-,18?,19+,20+,21?,22?,23?,24?/m1/s1. The summed E-state index contributed by atoms with van der Waals surface area (Å²) < 4.78 is 23.5. The van der Waals surface area contributed by atoms with Crippen LogP contribution < -0.4 is 16.0 Å². The minimum absolute atomic E-state index is 0.132. The molecule has 3 heterocycles. The number of aliphatic hydroxyl groups excluding tert-OH is 2. The summed E-state index contributed by atoms with van der Waals surface area (Å²) >= 11 is 0. The molecule has 4 aliphatic rings. The van der Waals surface area contributed by atoms with E-state index in [4.69, 9.17) is 18.9 Å². The predicted octanol–water partition coefficient (Wildman–Crippen LogP) is -1.74. The van der Waals surface area contributed by atoms with Crippen molar-refractivity contribution in [2.24, 2.45) is 0 Å². The van der Waals surface area contributed by atoms with Gasteiger partial charge in [-0.2, -0.15) is 0 Å². The molecule has 3 aliphatic heterocycles. The molecule has 5 rings (SSSR count). The summed E-state index contributed by atoms with van der Waals surface area (Å²) in [7, 11) is 3.30. The molecule has 194 valence electrons. The largest absolute Gasteiger partial charge is 0.390 e. The zero-order valence-corrected chi connectivity index (χ0v) is 20.1. The zero-order chi connectivity index (χ0) is 24.9. The monoisotopic (exact) mass is 493 g/mol. The topological polar surface area (TPSA) is 151 Å². The van der Waals surface area contributed by atoms with Gasteiger partial charge in [0.2, 0.25) is 18.0 Å². The molecule has 1 saturated carbocycles. The number of rotatable bonds is 5. The van der Waals surface area contributed by atoms with E-state index in [-0.39, 0.29) is 18.4 Å². The molecule has 0 bridgehead atoms. The third-order valence-electron chi connectivity index (χ3n) is 7.64. The fourth-order valence-corrected chi connectivity index (χ4v) is 5.78. The van der Waals surface area contributed by atoms with Gasteiger partial charge in [-0.15, -0.1) is 0 Å². The first kappa shape index (κ1) is 25.0. The second-order valence-electron chi connectivity index (χ2n) is 9.95. The Morgan fingerprint density at radius 3 is 2.54 bits per heavy atom. The number of nitrogens with one attached hydrogen (secondary N) is 3. The summed E-state index contributed by atoms with van der Waals surface area (Å²) in [4.78, 5) is 13.0. The van der Waals surface area contributed by atoms with Crippen LogP contribution in [0.1, 0.15) is 30.0 Å². The quantitative estimate of drug-likeness (QED) is 0.279. The Labute approximate surface area is 204 Å². The lowest BCUT2D eigenvalue weighted by Gasteiger charge is -2.58. The van der Waals surface area contributed by atoms with E-state index in [9.17, 15) is 20.1 Å². The van der Waals surface area contributed by atoms with Gasteiger partial charge >= 0.3 is 0 Å². The number of fused-ring (bicyclic) bond motifs is 3. The molecule has 11 nitrogen and oxygen atoms in total. The van der Waals surface area contributed by atoms with Crippen molar-refractivity contribution in [3.8, 4) is 0 Å². The van der Waals surface area contributed by atoms with E-state index < -0.39 is 54.6 Å². The Kier molecular flexibility index (Phi) is 6.90. The molecule has 1 aromatic carbocycles. The van der Waals surface area contributed by atoms with E-state index in [0.717, 1.165) is 16.7 Å². The van der Waals surface area contributed by atoms with Crippen LogP contribution in [-0.4, -0.2) is 96.0 Å². The normalized spacial score (nSPS) is 42.6. The number of carbonyl (C=O) groups excluding carboxylic acids is 1. The van der Waals surface area contributed by atoms with Crippen molar-refractivity contribution in [2.75, 3.05) is 14.1 Å². The summed E-state index contributed by atoms with van der Waals surface area (Å²) in [6.07, 6.45) is -5.00. The molecule has 35 heavy (non-hydrogen) atoms. The molecule has 1 aromatic rings. The Balaban J connectivity index is 1.34. The number of aliphatic hydroxyl groups is 3. The molecule has 0 spiro atoms. The highest BCUT2D eigenvalue weighted by molar-refractivity contribution is 5.79. The lowest BCUT2D eigenvalue weighted by Crippen LogP contribution is -2.79. The molecular weight excluding hydrogens is 458 g/mol. The van der Waals surface area contributed by atoms with Crippen LogP contribution in [0, 0.1) is 0 Å². The van der Waals surface area contributed by atoms with E-state index in [1.165, 1.54) is 0 Å². The van der Waals surface area contributed by atoms with Crippen LogP contribution in [0.5, 0.6) is 0 Å². The maximum absolute atomic E-state index is 13.0. The van der Waals surface area contributed by atoms with Gasteiger partial charge in [0.1, 0.15) is 18.3 Å². The predicted molar refractivity (Wildman–Crippen MR) is 122 cm³/mol. The van der Waals surface area contributed by atoms with Crippen LogP contribution in [0.15, 0.2) is 18.2 Å². The SMILES string of the molecule is CNC1C2OC3(O)C(OC2[C@@H](O)[C@H](NC)[C@@H]1O)O[C@H](C)C[C@H]3NC(=O)Cc1ccc2c(c1)COC2. The second-order valence-corrected chi connectivity index (χ2v) is 9.95. The first-order valence-electron chi connectivity index (χ1n) is 12.1. The van der Waals surface area contributed by atoms with Crippen molar-refractivity contribution in [3.63, 3.8) is 0 Å². The molecular formula is C24H35N3O8. The molecule has 0 radical (unpaired) electrons. The molecule has 10 atom stereocenters. The third kappa shape index (κ3) is 4.39. The molecule has 2 saturated heterocycles. The van der Waals surface area contributed by atoms with E-state index >= 15 is 0 Å². The maximum Gasteiger partial charge on any atom is 0.239 e. The fraction of sp³-hybridized carbons (Fsp3) is 0.708. The van der Waals surface area contributed by atoms with Gasteiger partial charge in [0.25, 0.3) is 0 Å². The van der Waals surface area contributed by atoms with Gasteiger partial charge in [0, 0.05) is 0 Å². The molecule has 1 amide bonds. The van der Waals surface area contributed by atoms with Crippen molar-refractivity contribution in [3.05, 3.63) is 34.9 Å². The summed E-state index contributed by atoms with van der Waals surface area (Å²) in [6, 6.07) is 3.71. The minimum Gasteiger partial charge on any atom is -0.390 e. The van der Waals surface area contributed by atoms with Gasteiger partial charge in [0.15, 0.2) is 0 Å². The van der Waals surface area contributed by atoms with Crippen LogP contribution in [0.25, 0.3) is 0 Å². The Morgan fingerprint density at radius 2 is 1.80 bits per heavy atom. The smallest absolute Gasteiger partial charge is 0.239 e. The van der Waals surface area contributed by atoms with Crippen LogP contribution in [-0.2, 0) is 43.4 Å². The van der Waals surface area contributed by atoms with Gasteiger partial charge in [-0.05, 0) is 44.1 Å². The average Bonchev–Trinajstić information content (AvgIpc) is 3.28. The van der Waals surface area contributed by atoms with Crippen LogP contribution in [0.4, 0.5) is 0 Å². The van der Waals surface area contributed by atoms with E-state index in [2.05, 4.69) is 16.0 Å². The van der Waals surface area contributed by atoms with Gasteiger partial charge in [-0.25, -0.2) is 0 Å². The zero-order valence-electron chi connectivity index (χ0n) is 20.1. The fourth-order valence-electron chi connectivity index (χ4n) is 5.78. The van der Waals surface area contributed by atoms with Crippen LogP contribution >= 0.6 is 0 Å². The van der Waals surface area contributed by atoms with Crippen LogP contribution in [0.3, 0.4) is 0 Å². The van der Waals surface area contributed by atoms with E-state index in [1.807, 2.05) is 25.1 Å². The molecule has 6 N–H and O–H groups in total. The van der Waals surface area contributed by atoms with Gasteiger partial charge < -0.3 is 50.2 Å². The lowest BCUT2D eigenvalue weighted by atomic mass is 9.79. The maximum atomic E-state index is 13.0. The highest BCUT2D eigenvalue weighted by atomic mass is 16.8. The van der Waals surface area contributed by atoms with Crippen molar-refractivity contribution >= 4 is 5.91 Å². The van der Waals surface area contributed by atoms with Gasteiger partial charge in [-0.1, -0.05) is 18.2 Å². The summed E-state index contributed by atoms with van der Waals surface area (Å²) in [6.45, 7) is 2.94. The number of benzene rings is 1. The average molecular weight is 494 g/mol. The Bertz CT molecular complexity index is 949. The molecule has 3 fully saturated rings. The number of hydrogen-bond donors (Lipinski definition) is 6. The number of ether oxygens (including phenoxy) is 4. The van der Waals surface area contributed by atoms with Crippen molar-refractivity contribution in [1.82, 2.24) is 16.0 Å². The van der Waals surface area contributed by atoms with Crippen LogP contribution in [0.2, 0.25) is 0 Å². The first-order valence-corrected chi connectivity index (χ1v) is 12.1. The molecule has 0 aromatic heterocycles. The minimum atomic E-state index is -2.00. The molecule has 1 aliphatic carbocycles. The summed E-state index contributed by atoms with van der Waals surface area (Å²) in [5.41, 5.74) is 3.06. The Hall–Kier alpha value is -1.67. The highest BCUT2D eigenvalue weighted by Gasteiger charge is 2.63. The summed E-state index contributed by atoms with van der Waals surface area (Å²) in [5, 5.41) is 42.1. The number of likely N-dealkylation sites (N-methyl/N-ethyl adjacent to an activating group) is 2. The van der Waals surface area contributed by atoms with Crippen molar-refractivity contribution in [1.29, 1.82) is 0 Å². The van der Waals surface area contributed by atoms with E-state index in [0.29, 0.717) is 19.6 Å². The van der Waals surface area contributed by atoms with Crippen molar-refractivity contribution < 1.29 is 39.1 Å². The molecule has 5 unspecified atom stereocenters. The first-order chi connectivity index (χ1) is 16.7. The summed E-state index contributed by atoms with van der Waals surface area (Å²) in [5.74, 6) is -2.28. The lowest BCUT2D eigenvalue weighted by molar-refractivity contribution is -0.449. The number of hydrogen-bond acceptors (Lipinski definition) is 10. The van der Waals surface area contributed by atoms with Crippen molar-refractivity contribution in [2.45, 2.75) is 93.7 Å². The molecule has 11 heteroatoms. The Morgan fingerprint density at radius 1 is 1.06 bits per heavy atom. The number of amides is 1. The highest BCUT2D eigenvalue weighted by Crippen LogP contribution is 2.42. The van der Waals surface area contributed by atoms with E-state index in [1.54, 1.807) is 14.1 Å². The second kappa shape index (κ2) is 9.66. The van der Waals surface area contributed by atoms with Gasteiger partial charge in [-0.3, -0.25) is 4.79 Å². The number of carbonyl (C=O) groups is 1.